The predicted octanol–water partition coefficient (Wildman–Crippen LogP) is 1.68. The Hall–Kier alpha value is -0.610. The van der Waals surface area contributed by atoms with Gasteiger partial charge < -0.3 is 10.2 Å². The molecule has 3 nitrogen and oxygen atoms in total. The maximum atomic E-state index is 5.97. The van der Waals surface area contributed by atoms with Crippen LogP contribution in [-0.2, 0) is 6.54 Å². The number of halogens is 1. The van der Waals surface area contributed by atoms with Crippen LogP contribution in [0.5, 0.6) is 0 Å². The average molecular weight is 268 g/mol. The Morgan fingerprint density at radius 2 is 2.17 bits per heavy atom. The van der Waals surface area contributed by atoms with Crippen LogP contribution in [0.4, 0.5) is 0 Å². The fourth-order valence-electron chi connectivity index (χ4n) is 2.35. The topological polar surface area (TPSA) is 18.5 Å². The summed E-state index contributed by atoms with van der Waals surface area (Å²) in [4.78, 5) is 4.83. The largest absolute Gasteiger partial charge is 0.311 e. The minimum Gasteiger partial charge on any atom is -0.311 e. The maximum Gasteiger partial charge on any atom is 0.0409 e. The normalized spacial score (nSPS) is 22.3. The number of hydrogen-bond acceptors (Lipinski definition) is 3. The Kier molecular flexibility index (Phi) is 5.01. The lowest BCUT2D eigenvalue weighted by Crippen LogP contribution is -2.53. The van der Waals surface area contributed by atoms with Crippen LogP contribution in [0.3, 0.4) is 0 Å². The van der Waals surface area contributed by atoms with Crippen molar-refractivity contribution < 1.29 is 0 Å². The molecule has 0 bridgehead atoms. The molecule has 0 radical (unpaired) electrons. The Balaban J connectivity index is 1.77. The zero-order valence-electron chi connectivity index (χ0n) is 11.2. The number of piperazine rings is 1. The number of nitrogens with one attached hydrogen (secondary N) is 1. The van der Waals surface area contributed by atoms with Crippen LogP contribution >= 0.6 is 11.6 Å². The van der Waals surface area contributed by atoms with Crippen LogP contribution in [0.2, 0.25) is 5.02 Å². The van der Waals surface area contributed by atoms with Gasteiger partial charge in [-0.15, -0.1) is 0 Å². The quantitative estimate of drug-likeness (QED) is 0.896. The number of hydrogen-bond donors (Lipinski definition) is 1. The van der Waals surface area contributed by atoms with Crippen molar-refractivity contribution in [2.45, 2.75) is 12.6 Å². The Morgan fingerprint density at radius 3 is 2.94 bits per heavy atom. The first kappa shape index (κ1) is 13.8. The van der Waals surface area contributed by atoms with Crippen molar-refractivity contribution in [3.63, 3.8) is 0 Å². The lowest BCUT2D eigenvalue weighted by molar-refractivity contribution is 0.113. The fraction of sp³-hybridized carbons (Fsp3) is 0.571. The summed E-state index contributed by atoms with van der Waals surface area (Å²) in [6, 6.07) is 8.64. The van der Waals surface area contributed by atoms with Gasteiger partial charge in [-0.25, -0.2) is 0 Å². The number of benzene rings is 1. The molecule has 1 fully saturated rings. The summed E-state index contributed by atoms with van der Waals surface area (Å²) in [6.45, 7) is 5.36. The smallest absolute Gasteiger partial charge is 0.0409 e. The summed E-state index contributed by atoms with van der Waals surface area (Å²) in [5.74, 6) is 0. The van der Waals surface area contributed by atoms with E-state index in [-0.39, 0.29) is 0 Å². The van der Waals surface area contributed by atoms with Gasteiger partial charge >= 0.3 is 0 Å². The lowest BCUT2D eigenvalue weighted by atomic mass is 10.1. The fourth-order valence-corrected chi connectivity index (χ4v) is 2.56. The average Bonchev–Trinajstić information content (AvgIpc) is 2.34. The third-order valence-electron chi connectivity index (χ3n) is 3.58. The highest BCUT2D eigenvalue weighted by Gasteiger charge is 2.21. The molecule has 1 aromatic rings. The molecule has 0 aliphatic carbocycles. The molecule has 1 saturated heterocycles. The number of likely N-dealkylation sites (N-methyl/N-ethyl adjacent to an activating group) is 2. The minimum absolute atomic E-state index is 0.600. The van der Waals surface area contributed by atoms with Crippen molar-refractivity contribution in [1.29, 1.82) is 0 Å². The molecular weight excluding hydrogens is 246 g/mol. The summed E-state index contributed by atoms with van der Waals surface area (Å²) in [5.41, 5.74) is 1.24. The van der Waals surface area contributed by atoms with Crippen molar-refractivity contribution >= 4 is 11.6 Å². The van der Waals surface area contributed by atoms with Gasteiger partial charge in [0.25, 0.3) is 0 Å². The van der Waals surface area contributed by atoms with Crippen molar-refractivity contribution in [2.75, 3.05) is 40.3 Å². The van der Waals surface area contributed by atoms with Gasteiger partial charge in [-0.2, -0.15) is 0 Å². The van der Waals surface area contributed by atoms with Gasteiger partial charge in [0.2, 0.25) is 0 Å². The van der Waals surface area contributed by atoms with Crippen LogP contribution in [0.25, 0.3) is 0 Å². The van der Waals surface area contributed by atoms with E-state index in [4.69, 9.17) is 11.6 Å². The van der Waals surface area contributed by atoms with E-state index in [1.165, 1.54) is 12.1 Å². The van der Waals surface area contributed by atoms with Gasteiger partial charge in [0.15, 0.2) is 0 Å². The lowest BCUT2D eigenvalue weighted by Gasteiger charge is -2.37. The zero-order valence-corrected chi connectivity index (χ0v) is 12.0. The number of nitrogens with zero attached hydrogens (tertiary/aromatic N) is 2. The first-order valence-electron chi connectivity index (χ1n) is 6.49. The van der Waals surface area contributed by atoms with Crippen molar-refractivity contribution in [3.05, 3.63) is 34.9 Å². The molecule has 1 atom stereocenters. The van der Waals surface area contributed by atoms with Gasteiger partial charge in [-0.05, 0) is 31.8 Å². The molecule has 1 heterocycles. The van der Waals surface area contributed by atoms with E-state index < -0.39 is 0 Å². The van der Waals surface area contributed by atoms with Gasteiger partial charge in [0.1, 0.15) is 0 Å². The summed E-state index contributed by atoms with van der Waals surface area (Å²) in [6.07, 6.45) is 0. The van der Waals surface area contributed by atoms with Crippen LogP contribution < -0.4 is 5.32 Å². The third kappa shape index (κ3) is 3.95. The molecule has 18 heavy (non-hydrogen) atoms. The highest BCUT2D eigenvalue weighted by molar-refractivity contribution is 6.30. The third-order valence-corrected chi connectivity index (χ3v) is 3.81. The van der Waals surface area contributed by atoms with E-state index in [2.05, 4.69) is 35.3 Å². The molecular formula is C14H22ClN3. The second-order valence-corrected chi connectivity index (χ2v) is 5.59. The summed E-state index contributed by atoms with van der Waals surface area (Å²) < 4.78 is 0. The maximum absolute atomic E-state index is 5.97. The molecule has 0 saturated carbocycles. The van der Waals surface area contributed by atoms with E-state index >= 15 is 0 Å². The molecule has 1 unspecified atom stereocenters. The van der Waals surface area contributed by atoms with Crippen molar-refractivity contribution in [1.82, 2.24) is 15.1 Å². The van der Waals surface area contributed by atoms with E-state index in [9.17, 15) is 0 Å². The summed E-state index contributed by atoms with van der Waals surface area (Å²) >= 11 is 5.97. The van der Waals surface area contributed by atoms with Crippen LogP contribution in [0.1, 0.15) is 5.56 Å². The van der Waals surface area contributed by atoms with E-state index in [1.54, 1.807) is 0 Å². The second kappa shape index (κ2) is 6.53. The standard InChI is InChI=1S/C14H22ClN3/c1-17-6-7-18(2)14(11-17)10-16-9-12-4-3-5-13(15)8-12/h3-5,8,14,16H,6-7,9-11H2,1-2H3. The Labute approximate surface area is 115 Å². The molecule has 0 amide bonds. The highest BCUT2D eigenvalue weighted by atomic mass is 35.5. The number of rotatable bonds is 4. The molecule has 0 spiro atoms. The Morgan fingerprint density at radius 1 is 1.33 bits per heavy atom. The molecule has 1 aliphatic rings. The molecule has 100 valence electrons. The van der Waals surface area contributed by atoms with E-state index in [0.29, 0.717) is 6.04 Å². The molecule has 4 heteroatoms. The summed E-state index contributed by atoms with van der Waals surface area (Å²) in [7, 11) is 4.40. The molecule has 0 aromatic heterocycles. The first-order valence-corrected chi connectivity index (χ1v) is 6.87. The van der Waals surface area contributed by atoms with Crippen LogP contribution in [0, 0.1) is 0 Å². The first-order chi connectivity index (χ1) is 8.65. The monoisotopic (exact) mass is 267 g/mol. The highest BCUT2D eigenvalue weighted by Crippen LogP contribution is 2.10. The van der Waals surface area contributed by atoms with E-state index in [1.807, 2.05) is 18.2 Å². The van der Waals surface area contributed by atoms with Crippen LogP contribution in [0.15, 0.2) is 24.3 Å². The molecule has 1 aromatic carbocycles. The van der Waals surface area contributed by atoms with Crippen molar-refractivity contribution in [2.24, 2.45) is 0 Å². The summed E-state index contributed by atoms with van der Waals surface area (Å²) in [5, 5.41) is 4.33. The Bertz CT molecular complexity index is 383. The van der Waals surface area contributed by atoms with Crippen molar-refractivity contribution in [3.8, 4) is 0 Å². The zero-order chi connectivity index (χ0) is 13.0. The van der Waals surface area contributed by atoms with Gasteiger partial charge in [0.05, 0.1) is 0 Å². The predicted molar refractivity (Wildman–Crippen MR) is 77.1 cm³/mol. The van der Waals surface area contributed by atoms with Gasteiger partial charge in [-0.1, -0.05) is 23.7 Å². The molecule has 1 N–H and O–H groups in total. The minimum atomic E-state index is 0.600. The van der Waals surface area contributed by atoms with Gasteiger partial charge in [-0.3, -0.25) is 4.90 Å². The van der Waals surface area contributed by atoms with Gasteiger partial charge in [0, 0.05) is 43.8 Å². The molecule has 1 aliphatic heterocycles. The second-order valence-electron chi connectivity index (χ2n) is 5.16. The van der Waals surface area contributed by atoms with E-state index in [0.717, 1.165) is 31.2 Å². The van der Waals surface area contributed by atoms with Crippen LogP contribution in [-0.4, -0.2) is 56.1 Å². The SMILES string of the molecule is CN1CCN(C)C(CNCc2cccc(Cl)c2)C1. The molecule has 2 rings (SSSR count).